The van der Waals surface area contributed by atoms with Gasteiger partial charge < -0.3 is 11.1 Å². The third-order valence-electron chi connectivity index (χ3n) is 2.05. The van der Waals surface area contributed by atoms with E-state index in [0.717, 1.165) is 17.4 Å². The predicted octanol–water partition coefficient (Wildman–Crippen LogP) is 3.63. The summed E-state index contributed by atoms with van der Waals surface area (Å²) in [5, 5.41) is 3.39. The van der Waals surface area contributed by atoms with E-state index in [2.05, 4.69) is 10.3 Å². The minimum atomic E-state index is -4.73. The van der Waals surface area contributed by atoms with Crippen molar-refractivity contribution in [3.63, 3.8) is 0 Å². The Hall–Kier alpha value is -1.83. The number of benzene rings is 1. The highest BCUT2D eigenvalue weighted by Crippen LogP contribution is 2.34. The third-order valence-corrected chi connectivity index (χ3v) is 2.79. The molecule has 8 heteroatoms. The maximum atomic E-state index is 13.0. The maximum Gasteiger partial charge on any atom is 0.419 e. The molecule has 0 radical (unpaired) electrons. The number of alkyl halides is 3. The molecular formula is C10H7F4N3S. The van der Waals surface area contributed by atoms with E-state index >= 15 is 0 Å². The molecule has 96 valence electrons. The smallest absolute Gasteiger partial charge is 0.389 e. The molecule has 0 amide bonds. The van der Waals surface area contributed by atoms with Crippen molar-refractivity contribution in [2.45, 2.75) is 6.18 Å². The zero-order valence-electron chi connectivity index (χ0n) is 8.75. The van der Waals surface area contributed by atoms with Crippen molar-refractivity contribution in [2.24, 2.45) is 0 Å². The van der Waals surface area contributed by atoms with Gasteiger partial charge >= 0.3 is 6.18 Å². The summed E-state index contributed by atoms with van der Waals surface area (Å²) in [5.41, 5.74) is 4.20. The highest BCUT2D eigenvalue weighted by atomic mass is 32.1. The number of nitrogens with two attached hydrogens (primary N) is 1. The number of rotatable bonds is 2. The monoisotopic (exact) mass is 277 g/mol. The Kier molecular flexibility index (Phi) is 3.12. The summed E-state index contributed by atoms with van der Waals surface area (Å²) in [5.74, 6) is -1.31. The molecule has 0 fully saturated rings. The average molecular weight is 277 g/mol. The van der Waals surface area contributed by atoms with Gasteiger partial charge in [-0.15, -0.1) is 0 Å². The van der Waals surface area contributed by atoms with Crippen LogP contribution in [0, 0.1) is 5.82 Å². The molecule has 0 bridgehead atoms. The van der Waals surface area contributed by atoms with Crippen LogP contribution in [0.1, 0.15) is 5.56 Å². The van der Waals surface area contributed by atoms with Gasteiger partial charge in [0.25, 0.3) is 0 Å². The summed E-state index contributed by atoms with van der Waals surface area (Å²) in [4.78, 5) is 3.83. The first-order valence-electron chi connectivity index (χ1n) is 4.71. The third kappa shape index (κ3) is 2.70. The standard InChI is InChI=1S/C10H7F4N3S/c11-7-2-1-5(3-6(7)10(12,13)14)17-9-16-4-8(15)18-9/h1-4H,15H2,(H,16,17). The van der Waals surface area contributed by atoms with E-state index in [-0.39, 0.29) is 5.69 Å². The Balaban J connectivity index is 2.30. The van der Waals surface area contributed by atoms with Gasteiger partial charge in [-0.05, 0) is 18.2 Å². The van der Waals surface area contributed by atoms with E-state index in [1.807, 2.05) is 0 Å². The van der Waals surface area contributed by atoms with Crippen molar-refractivity contribution < 1.29 is 17.6 Å². The van der Waals surface area contributed by atoms with E-state index in [4.69, 9.17) is 5.73 Å². The van der Waals surface area contributed by atoms with Crippen LogP contribution in [0.15, 0.2) is 24.4 Å². The fourth-order valence-electron chi connectivity index (χ4n) is 1.29. The molecule has 1 aromatic heterocycles. The van der Waals surface area contributed by atoms with Crippen LogP contribution in [0.3, 0.4) is 0 Å². The second kappa shape index (κ2) is 4.45. The molecule has 0 aliphatic heterocycles. The number of nitrogen functional groups attached to an aromatic ring is 1. The summed E-state index contributed by atoms with van der Waals surface area (Å²) in [6, 6.07) is 2.64. The topological polar surface area (TPSA) is 50.9 Å². The molecule has 1 aromatic carbocycles. The molecule has 3 nitrogen and oxygen atoms in total. The summed E-state index contributed by atoms with van der Waals surface area (Å²) in [6.45, 7) is 0. The van der Waals surface area contributed by atoms with Crippen LogP contribution in [0.5, 0.6) is 0 Å². The fraction of sp³-hybridized carbons (Fsp3) is 0.100. The molecule has 2 rings (SSSR count). The van der Waals surface area contributed by atoms with E-state index in [0.29, 0.717) is 16.2 Å². The number of nitrogens with zero attached hydrogens (tertiary/aromatic N) is 1. The number of hydrogen-bond acceptors (Lipinski definition) is 4. The Morgan fingerprint density at radius 3 is 2.56 bits per heavy atom. The molecule has 0 atom stereocenters. The van der Waals surface area contributed by atoms with E-state index < -0.39 is 17.6 Å². The largest absolute Gasteiger partial charge is 0.419 e. The molecule has 0 spiro atoms. The van der Waals surface area contributed by atoms with Crippen molar-refractivity contribution in [3.05, 3.63) is 35.8 Å². The molecule has 18 heavy (non-hydrogen) atoms. The SMILES string of the molecule is Nc1cnc(Nc2ccc(F)c(C(F)(F)F)c2)s1. The van der Waals surface area contributed by atoms with Gasteiger partial charge in [-0.1, -0.05) is 11.3 Å². The predicted molar refractivity (Wildman–Crippen MR) is 61.2 cm³/mol. The zero-order chi connectivity index (χ0) is 13.3. The zero-order valence-corrected chi connectivity index (χ0v) is 9.57. The molecule has 2 aromatic rings. The average Bonchev–Trinajstić information content (AvgIpc) is 2.65. The number of halogens is 4. The van der Waals surface area contributed by atoms with Gasteiger partial charge in [0.05, 0.1) is 11.8 Å². The maximum absolute atomic E-state index is 13.0. The lowest BCUT2D eigenvalue weighted by Crippen LogP contribution is -2.08. The second-order valence-electron chi connectivity index (χ2n) is 3.39. The first kappa shape index (κ1) is 12.6. The Bertz CT molecular complexity index is 564. The Labute approximate surface area is 103 Å². The molecule has 3 N–H and O–H groups in total. The first-order chi connectivity index (χ1) is 8.36. The first-order valence-corrected chi connectivity index (χ1v) is 5.53. The lowest BCUT2D eigenvalue weighted by atomic mass is 10.2. The number of aromatic nitrogens is 1. The van der Waals surface area contributed by atoms with Gasteiger partial charge in [-0.2, -0.15) is 13.2 Å². The van der Waals surface area contributed by atoms with E-state index in [9.17, 15) is 17.6 Å². The minimum Gasteiger partial charge on any atom is -0.389 e. The van der Waals surface area contributed by atoms with Gasteiger partial charge in [0, 0.05) is 5.69 Å². The van der Waals surface area contributed by atoms with Gasteiger partial charge in [-0.25, -0.2) is 9.37 Å². The van der Waals surface area contributed by atoms with Gasteiger partial charge in [0.15, 0.2) is 5.13 Å². The Morgan fingerprint density at radius 1 is 1.28 bits per heavy atom. The summed E-state index contributed by atoms with van der Waals surface area (Å²) >= 11 is 1.08. The summed E-state index contributed by atoms with van der Waals surface area (Å²) in [7, 11) is 0. The normalized spacial score (nSPS) is 11.6. The van der Waals surface area contributed by atoms with Crippen molar-refractivity contribution in [1.29, 1.82) is 0 Å². The molecule has 0 unspecified atom stereocenters. The number of nitrogens with one attached hydrogen (secondary N) is 1. The summed E-state index contributed by atoms with van der Waals surface area (Å²) in [6.07, 6.45) is -3.36. The molecule has 0 aliphatic carbocycles. The molecule has 0 saturated heterocycles. The van der Waals surface area contributed by atoms with Crippen LogP contribution < -0.4 is 11.1 Å². The van der Waals surface area contributed by atoms with Crippen LogP contribution in [-0.2, 0) is 6.18 Å². The second-order valence-corrected chi connectivity index (χ2v) is 4.45. The number of thiazole rings is 1. The van der Waals surface area contributed by atoms with Gasteiger partial charge in [0.2, 0.25) is 0 Å². The van der Waals surface area contributed by atoms with Crippen molar-refractivity contribution in [2.75, 3.05) is 11.1 Å². The summed E-state index contributed by atoms with van der Waals surface area (Å²) < 4.78 is 50.4. The molecular weight excluding hydrogens is 270 g/mol. The van der Waals surface area contributed by atoms with Gasteiger partial charge in [-0.3, -0.25) is 0 Å². The van der Waals surface area contributed by atoms with Gasteiger partial charge in [0.1, 0.15) is 10.8 Å². The Morgan fingerprint density at radius 2 is 2.00 bits per heavy atom. The molecule has 1 heterocycles. The van der Waals surface area contributed by atoms with Crippen molar-refractivity contribution >= 4 is 27.2 Å². The van der Waals surface area contributed by atoms with Crippen molar-refractivity contribution in [1.82, 2.24) is 4.98 Å². The molecule has 0 aliphatic rings. The quantitative estimate of drug-likeness (QED) is 0.824. The van der Waals surface area contributed by atoms with E-state index in [1.54, 1.807) is 0 Å². The fourth-order valence-corrected chi connectivity index (χ4v) is 1.89. The van der Waals surface area contributed by atoms with Crippen LogP contribution >= 0.6 is 11.3 Å². The number of anilines is 3. The van der Waals surface area contributed by atoms with Crippen LogP contribution in [-0.4, -0.2) is 4.98 Å². The van der Waals surface area contributed by atoms with Crippen LogP contribution in [0.25, 0.3) is 0 Å². The van der Waals surface area contributed by atoms with Crippen molar-refractivity contribution in [3.8, 4) is 0 Å². The highest BCUT2D eigenvalue weighted by molar-refractivity contribution is 7.19. The number of hydrogen-bond donors (Lipinski definition) is 2. The highest BCUT2D eigenvalue weighted by Gasteiger charge is 2.34. The minimum absolute atomic E-state index is 0.0954. The van der Waals surface area contributed by atoms with Crippen LogP contribution in [0.4, 0.5) is 33.4 Å². The van der Waals surface area contributed by atoms with Crippen LogP contribution in [0.2, 0.25) is 0 Å². The lowest BCUT2D eigenvalue weighted by molar-refractivity contribution is -0.139. The molecule has 0 saturated carbocycles. The lowest BCUT2D eigenvalue weighted by Gasteiger charge is -2.10. The van der Waals surface area contributed by atoms with E-state index in [1.165, 1.54) is 12.3 Å².